The van der Waals surface area contributed by atoms with E-state index in [0.29, 0.717) is 0 Å². The Balaban J connectivity index is 2.09. The third kappa shape index (κ3) is 3.53. The van der Waals surface area contributed by atoms with Crippen LogP contribution < -0.4 is 0 Å². The van der Waals surface area contributed by atoms with Gasteiger partial charge in [-0.05, 0) is 17.7 Å². The van der Waals surface area contributed by atoms with Crippen LogP contribution in [0.1, 0.15) is 5.56 Å². The fourth-order valence-corrected chi connectivity index (χ4v) is 4.44. The predicted octanol–water partition coefficient (Wildman–Crippen LogP) is 2.27. The highest BCUT2D eigenvalue weighted by Crippen LogP contribution is 2.20. The minimum absolute atomic E-state index is 0.0247. The summed E-state index contributed by atoms with van der Waals surface area (Å²) in [6, 6.07) is 7.29. The molecule has 0 amide bonds. The Kier molecular flexibility index (Phi) is 3.90. The van der Waals surface area contributed by atoms with Crippen LogP contribution in [0.3, 0.4) is 0 Å². The molecule has 0 saturated carbocycles. The highest BCUT2D eigenvalue weighted by atomic mass is 79.9. The van der Waals surface area contributed by atoms with Crippen molar-refractivity contribution in [2.75, 3.05) is 11.5 Å². The van der Waals surface area contributed by atoms with Gasteiger partial charge < -0.3 is 0 Å². The molecule has 0 aliphatic carbocycles. The van der Waals surface area contributed by atoms with Crippen LogP contribution >= 0.6 is 27.5 Å². The van der Waals surface area contributed by atoms with Gasteiger partial charge in [0.1, 0.15) is 0 Å². The van der Waals surface area contributed by atoms with E-state index in [2.05, 4.69) is 20.9 Å². The lowest BCUT2D eigenvalue weighted by atomic mass is 10.2. The molecule has 1 aliphatic rings. The van der Waals surface area contributed by atoms with Crippen molar-refractivity contribution in [2.45, 2.75) is 11.4 Å². The first kappa shape index (κ1) is 13.1. The maximum Gasteiger partial charge on any atom is 0.153 e. The van der Waals surface area contributed by atoms with Crippen LogP contribution in [0, 0.1) is 0 Å². The van der Waals surface area contributed by atoms with Crippen molar-refractivity contribution in [1.82, 2.24) is 0 Å². The van der Waals surface area contributed by atoms with Crippen molar-refractivity contribution in [3.05, 3.63) is 34.3 Å². The number of aliphatic imine (C=N–C) groups is 1. The van der Waals surface area contributed by atoms with Crippen LogP contribution in [0.5, 0.6) is 0 Å². The van der Waals surface area contributed by atoms with Crippen LogP contribution in [0.4, 0.5) is 0 Å². The molecule has 92 valence electrons. The second-order valence-electron chi connectivity index (χ2n) is 3.99. The Morgan fingerprint density at radius 2 is 1.94 bits per heavy atom. The van der Waals surface area contributed by atoms with Gasteiger partial charge in [-0.25, -0.2) is 8.42 Å². The Bertz CT molecular complexity index is 527. The molecule has 1 saturated heterocycles. The molecule has 0 unspecified atom stereocenters. The van der Waals surface area contributed by atoms with E-state index in [9.17, 15) is 8.42 Å². The summed E-state index contributed by atoms with van der Waals surface area (Å²) in [6.45, 7) is 0. The average molecular weight is 337 g/mol. The van der Waals surface area contributed by atoms with Crippen molar-refractivity contribution in [3.8, 4) is 0 Å². The summed E-state index contributed by atoms with van der Waals surface area (Å²) < 4.78 is 23.7. The zero-order chi connectivity index (χ0) is 12.5. The van der Waals surface area contributed by atoms with E-state index < -0.39 is 15.2 Å². The maximum atomic E-state index is 11.3. The highest BCUT2D eigenvalue weighted by molar-refractivity contribution is 9.10. The predicted molar refractivity (Wildman–Crippen MR) is 73.8 cm³/mol. The lowest BCUT2D eigenvalue weighted by Crippen LogP contribution is -2.16. The first-order valence-electron chi connectivity index (χ1n) is 5.09. The first-order chi connectivity index (χ1) is 7.96. The fourth-order valence-electron chi connectivity index (χ4n) is 1.65. The molecular weight excluding hydrogens is 326 g/mol. The van der Waals surface area contributed by atoms with Gasteiger partial charge in [0.25, 0.3) is 0 Å². The van der Waals surface area contributed by atoms with E-state index in [4.69, 9.17) is 11.6 Å². The second kappa shape index (κ2) is 5.08. The number of rotatable bonds is 2. The minimum Gasteiger partial charge on any atom is -0.287 e. The van der Waals surface area contributed by atoms with E-state index in [1.165, 1.54) is 0 Å². The molecule has 1 aromatic rings. The smallest absolute Gasteiger partial charge is 0.153 e. The summed E-state index contributed by atoms with van der Waals surface area (Å²) in [7, 11) is -3.01. The molecule has 6 heteroatoms. The number of benzene rings is 1. The lowest BCUT2D eigenvalue weighted by Gasteiger charge is -2.04. The van der Waals surface area contributed by atoms with Gasteiger partial charge in [0.05, 0.1) is 22.9 Å². The molecule has 1 fully saturated rings. The highest BCUT2D eigenvalue weighted by Gasteiger charge is 2.35. The Labute approximate surface area is 114 Å². The Morgan fingerprint density at radius 1 is 1.29 bits per heavy atom. The first-order valence-corrected chi connectivity index (χ1v) is 8.14. The maximum absolute atomic E-state index is 11.3. The third-order valence-corrected chi connectivity index (χ3v) is 5.41. The van der Waals surface area contributed by atoms with E-state index in [1.54, 1.807) is 6.21 Å². The van der Waals surface area contributed by atoms with Gasteiger partial charge in [-0.3, -0.25) is 4.99 Å². The Morgan fingerprint density at radius 3 is 2.47 bits per heavy atom. The zero-order valence-corrected chi connectivity index (χ0v) is 12.0. The van der Waals surface area contributed by atoms with Crippen LogP contribution in [0.25, 0.3) is 0 Å². The molecule has 0 bridgehead atoms. The van der Waals surface area contributed by atoms with E-state index in [0.717, 1.165) is 10.0 Å². The van der Waals surface area contributed by atoms with E-state index in [-0.39, 0.29) is 17.5 Å². The molecule has 1 aromatic carbocycles. The summed E-state index contributed by atoms with van der Waals surface area (Å²) >= 11 is 9.30. The van der Waals surface area contributed by atoms with Gasteiger partial charge in [-0.15, -0.1) is 11.6 Å². The number of nitrogens with zero attached hydrogens (tertiary/aromatic N) is 1. The summed E-state index contributed by atoms with van der Waals surface area (Å²) in [5.41, 5.74) is 0.932. The van der Waals surface area contributed by atoms with Gasteiger partial charge >= 0.3 is 0 Å². The van der Waals surface area contributed by atoms with Crippen LogP contribution in [-0.4, -0.2) is 37.6 Å². The third-order valence-electron chi connectivity index (χ3n) is 2.54. The van der Waals surface area contributed by atoms with Gasteiger partial charge in [0.15, 0.2) is 9.84 Å². The molecule has 2 rings (SSSR count). The lowest BCUT2D eigenvalue weighted by molar-refractivity contribution is 0.601. The average Bonchev–Trinajstić information content (AvgIpc) is 2.51. The molecule has 0 aromatic heterocycles. The summed E-state index contributed by atoms with van der Waals surface area (Å²) in [6.07, 6.45) is 1.67. The van der Waals surface area contributed by atoms with Crippen molar-refractivity contribution in [2.24, 2.45) is 4.99 Å². The fraction of sp³-hybridized carbons (Fsp3) is 0.364. The molecular formula is C11H11BrClNO2S. The summed E-state index contributed by atoms with van der Waals surface area (Å²) in [4.78, 5) is 4.25. The molecule has 3 nitrogen and oxygen atoms in total. The van der Waals surface area contributed by atoms with E-state index >= 15 is 0 Å². The number of sulfone groups is 1. The van der Waals surface area contributed by atoms with Crippen molar-refractivity contribution >= 4 is 43.6 Å². The Hall–Kier alpha value is -0.390. The van der Waals surface area contributed by atoms with Gasteiger partial charge in [0, 0.05) is 10.7 Å². The topological polar surface area (TPSA) is 46.5 Å². The largest absolute Gasteiger partial charge is 0.287 e. The molecule has 0 N–H and O–H groups in total. The molecule has 0 radical (unpaired) electrons. The molecule has 1 heterocycles. The quantitative estimate of drug-likeness (QED) is 0.614. The van der Waals surface area contributed by atoms with Crippen LogP contribution in [0.2, 0.25) is 0 Å². The van der Waals surface area contributed by atoms with Crippen LogP contribution in [-0.2, 0) is 9.84 Å². The summed E-state index contributed by atoms with van der Waals surface area (Å²) in [5.74, 6) is 0.0745. The number of hydrogen-bond donors (Lipinski definition) is 0. The van der Waals surface area contributed by atoms with Crippen LogP contribution in [0.15, 0.2) is 33.7 Å². The molecule has 0 spiro atoms. The SMILES string of the molecule is O=S1(=O)C[C@H](Cl)[C@H](N=Cc2ccc(Br)cc2)C1. The standard InChI is InChI=1S/C11H11BrClNO2S/c12-9-3-1-8(2-4-9)5-14-11-7-17(15,16)6-10(11)13/h1-5,10-11H,6-7H2/t10-,11+/m0/s1. The van der Waals surface area contributed by atoms with E-state index in [1.807, 2.05) is 24.3 Å². The molecule has 2 atom stereocenters. The molecule has 1 aliphatic heterocycles. The molecule has 17 heavy (non-hydrogen) atoms. The van der Waals surface area contributed by atoms with Crippen molar-refractivity contribution in [3.63, 3.8) is 0 Å². The van der Waals surface area contributed by atoms with Gasteiger partial charge in [-0.1, -0.05) is 28.1 Å². The second-order valence-corrected chi connectivity index (χ2v) is 7.62. The van der Waals surface area contributed by atoms with Crippen molar-refractivity contribution in [1.29, 1.82) is 0 Å². The van der Waals surface area contributed by atoms with Gasteiger partial charge in [0.2, 0.25) is 0 Å². The minimum atomic E-state index is -3.01. The number of hydrogen-bond acceptors (Lipinski definition) is 3. The normalized spacial score (nSPS) is 27.6. The van der Waals surface area contributed by atoms with Crippen molar-refractivity contribution < 1.29 is 8.42 Å². The summed E-state index contributed by atoms with van der Waals surface area (Å²) in [5, 5.41) is -0.410. The zero-order valence-electron chi connectivity index (χ0n) is 8.88. The number of halogens is 2. The monoisotopic (exact) mass is 335 g/mol. The van der Waals surface area contributed by atoms with Gasteiger partial charge in [-0.2, -0.15) is 0 Å². The number of alkyl halides is 1.